The summed E-state index contributed by atoms with van der Waals surface area (Å²) in [6, 6.07) is 10.0. The minimum absolute atomic E-state index is 0.816. The molecular formula is C16H22N4O. The van der Waals surface area contributed by atoms with Gasteiger partial charge in [-0.2, -0.15) is 0 Å². The van der Waals surface area contributed by atoms with Crippen LogP contribution in [0.15, 0.2) is 30.3 Å². The number of nitrogens with one attached hydrogen (secondary N) is 2. The van der Waals surface area contributed by atoms with Crippen LogP contribution in [0.1, 0.15) is 18.3 Å². The van der Waals surface area contributed by atoms with E-state index in [4.69, 9.17) is 4.74 Å². The number of aryl methyl sites for hydroxylation is 1. The monoisotopic (exact) mass is 286 g/mol. The van der Waals surface area contributed by atoms with Crippen LogP contribution in [0.3, 0.4) is 0 Å². The highest BCUT2D eigenvalue weighted by atomic mass is 16.5. The molecule has 0 radical (unpaired) electrons. The van der Waals surface area contributed by atoms with Gasteiger partial charge < -0.3 is 15.4 Å². The molecule has 0 amide bonds. The number of methoxy groups -OCH3 is 1. The summed E-state index contributed by atoms with van der Waals surface area (Å²) in [5.74, 6) is 3.42. The lowest BCUT2D eigenvalue weighted by atomic mass is 10.1. The molecule has 0 aliphatic heterocycles. The number of hydrogen-bond donors (Lipinski definition) is 2. The molecule has 1 heterocycles. The van der Waals surface area contributed by atoms with Crippen LogP contribution < -0.4 is 15.4 Å². The van der Waals surface area contributed by atoms with Crippen LogP contribution in [0.2, 0.25) is 0 Å². The van der Waals surface area contributed by atoms with E-state index in [0.29, 0.717) is 0 Å². The molecule has 0 atom stereocenters. The van der Waals surface area contributed by atoms with Gasteiger partial charge in [-0.3, -0.25) is 0 Å². The van der Waals surface area contributed by atoms with E-state index >= 15 is 0 Å². The Balaban J connectivity index is 1.96. The van der Waals surface area contributed by atoms with Crippen molar-refractivity contribution in [3.05, 3.63) is 41.7 Å². The highest BCUT2D eigenvalue weighted by Crippen LogP contribution is 2.14. The van der Waals surface area contributed by atoms with Crippen molar-refractivity contribution in [3.63, 3.8) is 0 Å². The molecule has 21 heavy (non-hydrogen) atoms. The maximum atomic E-state index is 5.23. The second-order valence-corrected chi connectivity index (χ2v) is 4.69. The zero-order chi connectivity index (χ0) is 15.1. The molecule has 112 valence electrons. The molecule has 0 unspecified atom stereocenters. The Hall–Kier alpha value is -2.30. The third-order valence-corrected chi connectivity index (χ3v) is 3.20. The summed E-state index contributed by atoms with van der Waals surface area (Å²) in [7, 11) is 3.55. The molecule has 2 rings (SSSR count). The van der Waals surface area contributed by atoms with Gasteiger partial charge in [0.2, 0.25) is 0 Å². The van der Waals surface area contributed by atoms with Crippen LogP contribution in [0, 0.1) is 0 Å². The summed E-state index contributed by atoms with van der Waals surface area (Å²) in [6.07, 6.45) is 1.73. The fourth-order valence-electron chi connectivity index (χ4n) is 2.04. The van der Waals surface area contributed by atoms with Crippen LogP contribution in [-0.2, 0) is 12.8 Å². The highest BCUT2D eigenvalue weighted by Gasteiger charge is 2.02. The maximum absolute atomic E-state index is 5.23. The average molecular weight is 286 g/mol. The smallest absolute Gasteiger partial charge is 0.132 e. The van der Waals surface area contributed by atoms with E-state index in [1.807, 2.05) is 25.2 Å². The first-order chi connectivity index (χ1) is 10.2. The van der Waals surface area contributed by atoms with Gasteiger partial charge in [-0.15, -0.1) is 0 Å². The van der Waals surface area contributed by atoms with Crippen LogP contribution in [-0.4, -0.2) is 30.7 Å². The van der Waals surface area contributed by atoms with Crippen molar-refractivity contribution < 1.29 is 4.74 Å². The fraction of sp³-hybridized carbons (Fsp3) is 0.375. The number of anilines is 2. The van der Waals surface area contributed by atoms with E-state index in [1.54, 1.807) is 7.11 Å². The van der Waals surface area contributed by atoms with Crippen LogP contribution >= 0.6 is 0 Å². The standard InChI is InChI=1S/C16H22N4O/c1-4-14-19-15(17-2)11-16(20-14)18-9-8-12-6-5-7-13(10-12)21-3/h5-7,10-11H,4,8-9H2,1-3H3,(H2,17,18,19,20). The fourth-order valence-corrected chi connectivity index (χ4v) is 2.04. The van der Waals surface area contributed by atoms with Gasteiger partial charge in [-0.05, 0) is 24.1 Å². The molecule has 0 aliphatic rings. The van der Waals surface area contributed by atoms with E-state index < -0.39 is 0 Å². The molecule has 2 aromatic rings. The van der Waals surface area contributed by atoms with Crippen molar-refractivity contribution in [2.45, 2.75) is 19.8 Å². The number of ether oxygens (including phenoxy) is 1. The molecule has 1 aromatic carbocycles. The average Bonchev–Trinajstić information content (AvgIpc) is 2.54. The predicted octanol–water partition coefficient (Wildman–Crippen LogP) is 2.74. The molecule has 0 saturated carbocycles. The first-order valence-electron chi connectivity index (χ1n) is 7.17. The van der Waals surface area contributed by atoms with Crippen molar-refractivity contribution in [1.82, 2.24) is 9.97 Å². The lowest BCUT2D eigenvalue weighted by Gasteiger charge is -2.09. The molecule has 1 aromatic heterocycles. The van der Waals surface area contributed by atoms with Gasteiger partial charge in [-0.25, -0.2) is 9.97 Å². The van der Waals surface area contributed by atoms with Gasteiger partial charge in [0.25, 0.3) is 0 Å². The Morgan fingerprint density at radius 1 is 1.14 bits per heavy atom. The minimum Gasteiger partial charge on any atom is -0.497 e. The molecule has 0 aliphatic carbocycles. The second kappa shape index (κ2) is 7.47. The van der Waals surface area contributed by atoms with Crippen LogP contribution in [0.5, 0.6) is 5.75 Å². The largest absolute Gasteiger partial charge is 0.497 e. The predicted molar refractivity (Wildman–Crippen MR) is 86.1 cm³/mol. The normalized spacial score (nSPS) is 10.2. The number of benzene rings is 1. The number of hydrogen-bond acceptors (Lipinski definition) is 5. The van der Waals surface area contributed by atoms with Gasteiger partial charge in [0, 0.05) is 26.1 Å². The molecule has 0 bridgehead atoms. The van der Waals surface area contributed by atoms with Gasteiger partial charge in [0.1, 0.15) is 23.2 Å². The van der Waals surface area contributed by atoms with Gasteiger partial charge in [-0.1, -0.05) is 19.1 Å². The first-order valence-corrected chi connectivity index (χ1v) is 7.17. The second-order valence-electron chi connectivity index (χ2n) is 4.69. The quantitative estimate of drug-likeness (QED) is 0.819. The van der Waals surface area contributed by atoms with E-state index in [9.17, 15) is 0 Å². The highest BCUT2D eigenvalue weighted by molar-refractivity contribution is 5.47. The minimum atomic E-state index is 0.816. The van der Waals surface area contributed by atoms with Gasteiger partial charge in [0.15, 0.2) is 0 Å². The summed E-state index contributed by atoms with van der Waals surface area (Å²) >= 11 is 0. The topological polar surface area (TPSA) is 59.1 Å². The summed E-state index contributed by atoms with van der Waals surface area (Å²) in [5.41, 5.74) is 1.24. The van der Waals surface area contributed by atoms with Crippen molar-refractivity contribution >= 4 is 11.6 Å². The first kappa shape index (κ1) is 15.1. The van der Waals surface area contributed by atoms with E-state index in [-0.39, 0.29) is 0 Å². The van der Waals surface area contributed by atoms with Crippen molar-refractivity contribution in [2.24, 2.45) is 0 Å². The number of aromatic nitrogens is 2. The van der Waals surface area contributed by atoms with Crippen molar-refractivity contribution in [1.29, 1.82) is 0 Å². The van der Waals surface area contributed by atoms with E-state index in [0.717, 1.165) is 42.6 Å². The van der Waals surface area contributed by atoms with Crippen LogP contribution in [0.4, 0.5) is 11.6 Å². The summed E-state index contributed by atoms with van der Waals surface area (Å²) < 4.78 is 5.23. The number of rotatable bonds is 7. The lowest BCUT2D eigenvalue weighted by molar-refractivity contribution is 0.414. The Morgan fingerprint density at radius 2 is 1.95 bits per heavy atom. The summed E-state index contributed by atoms with van der Waals surface area (Å²) in [6.45, 7) is 2.87. The van der Waals surface area contributed by atoms with Crippen molar-refractivity contribution in [3.8, 4) is 5.75 Å². The SMILES string of the molecule is CCc1nc(NC)cc(NCCc2cccc(OC)c2)n1. The Kier molecular flexibility index (Phi) is 5.37. The summed E-state index contributed by atoms with van der Waals surface area (Å²) in [5, 5.41) is 6.41. The third kappa shape index (κ3) is 4.34. The molecule has 0 saturated heterocycles. The molecule has 0 fully saturated rings. The molecule has 2 N–H and O–H groups in total. The number of nitrogens with zero attached hydrogens (tertiary/aromatic N) is 2. The van der Waals surface area contributed by atoms with Gasteiger partial charge >= 0.3 is 0 Å². The van der Waals surface area contributed by atoms with Crippen molar-refractivity contribution in [2.75, 3.05) is 31.3 Å². The molecule has 0 spiro atoms. The Bertz CT molecular complexity index is 564. The Morgan fingerprint density at radius 3 is 2.67 bits per heavy atom. The molecule has 5 heteroatoms. The summed E-state index contributed by atoms with van der Waals surface area (Å²) in [4.78, 5) is 8.86. The van der Waals surface area contributed by atoms with E-state index in [2.05, 4.69) is 39.7 Å². The molecular weight excluding hydrogens is 264 g/mol. The maximum Gasteiger partial charge on any atom is 0.132 e. The van der Waals surface area contributed by atoms with E-state index in [1.165, 1.54) is 5.56 Å². The van der Waals surface area contributed by atoms with Crippen LogP contribution in [0.25, 0.3) is 0 Å². The van der Waals surface area contributed by atoms with Gasteiger partial charge in [0.05, 0.1) is 7.11 Å². The zero-order valence-corrected chi connectivity index (χ0v) is 12.8. The lowest BCUT2D eigenvalue weighted by Crippen LogP contribution is -2.09. The third-order valence-electron chi connectivity index (χ3n) is 3.20. The molecule has 5 nitrogen and oxygen atoms in total. The Labute approximate surface area is 125 Å². The zero-order valence-electron chi connectivity index (χ0n) is 12.8.